The second-order valence-corrected chi connectivity index (χ2v) is 5.35. The van der Waals surface area contributed by atoms with Crippen LogP contribution in [0, 0.1) is 11.3 Å². The third kappa shape index (κ3) is 4.13. The number of primary amides is 1. The number of carbonyl (C=O) groups is 1. The van der Waals surface area contributed by atoms with Crippen LogP contribution in [0.5, 0.6) is 5.75 Å². The standard InChI is InChI=1S/C19H15N5O2/c20-11-14-6-7-15(23-19-22-9-8-16(24-19)18(21)25)10-17(14)26-12-13-4-2-1-3-5-13/h1-10H,12H2,(H2,21,25)(H,22,23,24). The van der Waals surface area contributed by atoms with Gasteiger partial charge in [-0.25, -0.2) is 9.97 Å². The van der Waals surface area contributed by atoms with Crippen LogP contribution in [0.4, 0.5) is 11.6 Å². The minimum atomic E-state index is -0.637. The first kappa shape index (κ1) is 16.9. The molecule has 26 heavy (non-hydrogen) atoms. The van der Waals surface area contributed by atoms with Crippen molar-refractivity contribution in [1.29, 1.82) is 5.26 Å². The summed E-state index contributed by atoms with van der Waals surface area (Å²) >= 11 is 0. The van der Waals surface area contributed by atoms with Gasteiger partial charge < -0.3 is 15.8 Å². The number of benzene rings is 2. The molecule has 3 N–H and O–H groups in total. The smallest absolute Gasteiger partial charge is 0.267 e. The van der Waals surface area contributed by atoms with Crippen LogP contribution in [0.25, 0.3) is 0 Å². The van der Waals surface area contributed by atoms with E-state index in [9.17, 15) is 10.1 Å². The SMILES string of the molecule is N#Cc1ccc(Nc2nccc(C(N)=O)n2)cc1OCc1ccccc1. The molecule has 0 saturated heterocycles. The fourth-order valence-corrected chi connectivity index (χ4v) is 2.23. The Bertz CT molecular complexity index is 967. The minimum Gasteiger partial charge on any atom is -0.487 e. The van der Waals surface area contributed by atoms with Crippen molar-refractivity contribution in [3.05, 3.63) is 77.6 Å². The van der Waals surface area contributed by atoms with Crippen LogP contribution in [0.2, 0.25) is 0 Å². The Morgan fingerprint density at radius 3 is 2.73 bits per heavy atom. The van der Waals surface area contributed by atoms with Gasteiger partial charge in [-0.2, -0.15) is 5.26 Å². The van der Waals surface area contributed by atoms with Gasteiger partial charge in [0.1, 0.15) is 24.1 Å². The minimum absolute atomic E-state index is 0.108. The van der Waals surface area contributed by atoms with Crippen LogP contribution in [0.1, 0.15) is 21.6 Å². The molecule has 1 amide bonds. The summed E-state index contributed by atoms with van der Waals surface area (Å²) in [5.74, 6) is 0.0228. The van der Waals surface area contributed by atoms with E-state index in [4.69, 9.17) is 10.5 Å². The van der Waals surface area contributed by atoms with E-state index in [-0.39, 0.29) is 11.6 Å². The molecule has 0 bridgehead atoms. The normalized spacial score (nSPS) is 9.96. The first-order valence-electron chi connectivity index (χ1n) is 7.76. The summed E-state index contributed by atoms with van der Waals surface area (Å²) in [6.07, 6.45) is 1.44. The zero-order chi connectivity index (χ0) is 18.4. The number of rotatable bonds is 6. The quantitative estimate of drug-likeness (QED) is 0.710. The number of nitrogens with two attached hydrogens (primary N) is 1. The van der Waals surface area contributed by atoms with Crippen LogP contribution in [0.3, 0.4) is 0 Å². The number of nitriles is 1. The molecule has 0 saturated carbocycles. The maximum atomic E-state index is 11.2. The summed E-state index contributed by atoms with van der Waals surface area (Å²) < 4.78 is 5.78. The van der Waals surface area contributed by atoms with Gasteiger partial charge in [-0.3, -0.25) is 4.79 Å². The molecule has 2 aromatic carbocycles. The van der Waals surface area contributed by atoms with Crippen LogP contribution in [0.15, 0.2) is 60.8 Å². The molecule has 0 fully saturated rings. The van der Waals surface area contributed by atoms with Gasteiger partial charge in [0, 0.05) is 18.0 Å². The molecule has 3 rings (SSSR count). The van der Waals surface area contributed by atoms with Gasteiger partial charge in [0.25, 0.3) is 5.91 Å². The second kappa shape index (κ2) is 7.77. The number of carbonyl (C=O) groups excluding carboxylic acids is 1. The molecule has 7 heteroatoms. The van der Waals surface area contributed by atoms with E-state index in [2.05, 4.69) is 21.4 Å². The number of aromatic nitrogens is 2. The molecular weight excluding hydrogens is 330 g/mol. The Balaban J connectivity index is 1.80. The van der Waals surface area contributed by atoms with Gasteiger partial charge in [-0.15, -0.1) is 0 Å². The number of nitrogens with zero attached hydrogens (tertiary/aromatic N) is 3. The lowest BCUT2D eigenvalue weighted by atomic mass is 10.2. The predicted octanol–water partition coefficient (Wildman–Crippen LogP) is 2.77. The monoisotopic (exact) mass is 345 g/mol. The number of ether oxygens (including phenoxy) is 1. The molecule has 0 radical (unpaired) electrons. The Hall–Kier alpha value is -3.92. The Morgan fingerprint density at radius 2 is 2.00 bits per heavy atom. The fraction of sp³-hybridized carbons (Fsp3) is 0.0526. The third-order valence-corrected chi connectivity index (χ3v) is 3.50. The number of hydrogen-bond acceptors (Lipinski definition) is 6. The van der Waals surface area contributed by atoms with Gasteiger partial charge in [0.2, 0.25) is 5.95 Å². The van der Waals surface area contributed by atoms with Crippen LogP contribution >= 0.6 is 0 Å². The van der Waals surface area contributed by atoms with Crippen LogP contribution in [-0.4, -0.2) is 15.9 Å². The van der Waals surface area contributed by atoms with Crippen molar-refractivity contribution in [2.75, 3.05) is 5.32 Å². The first-order chi connectivity index (χ1) is 12.7. The molecule has 7 nitrogen and oxygen atoms in total. The maximum Gasteiger partial charge on any atom is 0.267 e. The predicted molar refractivity (Wildman–Crippen MR) is 95.8 cm³/mol. The van der Waals surface area contributed by atoms with E-state index in [1.807, 2.05) is 30.3 Å². The summed E-state index contributed by atoms with van der Waals surface area (Å²) in [6.45, 7) is 0.340. The van der Waals surface area contributed by atoms with E-state index in [1.165, 1.54) is 12.3 Å². The highest BCUT2D eigenvalue weighted by Gasteiger charge is 2.08. The molecule has 0 aliphatic carbocycles. The lowest BCUT2D eigenvalue weighted by Crippen LogP contribution is -2.14. The van der Waals surface area contributed by atoms with E-state index in [0.717, 1.165) is 5.56 Å². The van der Waals surface area contributed by atoms with E-state index >= 15 is 0 Å². The Morgan fingerprint density at radius 1 is 1.19 bits per heavy atom. The van der Waals surface area contributed by atoms with Crippen molar-refractivity contribution < 1.29 is 9.53 Å². The van der Waals surface area contributed by atoms with Crippen molar-refractivity contribution in [3.63, 3.8) is 0 Å². The molecule has 1 aromatic heterocycles. The molecule has 0 atom stereocenters. The van der Waals surface area contributed by atoms with Crippen molar-refractivity contribution in [2.45, 2.75) is 6.61 Å². The highest BCUT2D eigenvalue weighted by Crippen LogP contribution is 2.25. The molecule has 0 spiro atoms. The summed E-state index contributed by atoms with van der Waals surface area (Å²) in [5.41, 5.74) is 7.35. The lowest BCUT2D eigenvalue weighted by molar-refractivity contribution is 0.0995. The number of amides is 1. The topological polar surface area (TPSA) is 114 Å². The number of hydrogen-bond donors (Lipinski definition) is 2. The molecule has 1 heterocycles. The zero-order valence-corrected chi connectivity index (χ0v) is 13.7. The van der Waals surface area contributed by atoms with Gasteiger partial charge in [-0.05, 0) is 23.8 Å². The number of nitrogens with one attached hydrogen (secondary N) is 1. The summed E-state index contributed by atoms with van der Waals surface area (Å²) in [6, 6.07) is 18.2. The largest absolute Gasteiger partial charge is 0.487 e. The van der Waals surface area contributed by atoms with Crippen LogP contribution in [-0.2, 0) is 6.61 Å². The van der Waals surface area contributed by atoms with Crippen molar-refractivity contribution in [2.24, 2.45) is 5.73 Å². The van der Waals surface area contributed by atoms with Gasteiger partial charge >= 0.3 is 0 Å². The van der Waals surface area contributed by atoms with Crippen molar-refractivity contribution in [3.8, 4) is 11.8 Å². The third-order valence-electron chi connectivity index (χ3n) is 3.50. The lowest BCUT2D eigenvalue weighted by Gasteiger charge is -2.11. The van der Waals surface area contributed by atoms with E-state index in [1.54, 1.807) is 18.2 Å². The highest BCUT2D eigenvalue weighted by atomic mass is 16.5. The maximum absolute atomic E-state index is 11.2. The second-order valence-electron chi connectivity index (χ2n) is 5.35. The van der Waals surface area contributed by atoms with Crippen LogP contribution < -0.4 is 15.8 Å². The van der Waals surface area contributed by atoms with Gasteiger partial charge in [0.05, 0.1) is 5.56 Å². The van der Waals surface area contributed by atoms with E-state index < -0.39 is 5.91 Å². The highest BCUT2D eigenvalue weighted by molar-refractivity contribution is 5.90. The summed E-state index contributed by atoms with van der Waals surface area (Å²) in [4.78, 5) is 19.3. The fourth-order valence-electron chi connectivity index (χ4n) is 2.23. The average Bonchev–Trinajstić information content (AvgIpc) is 2.67. The summed E-state index contributed by atoms with van der Waals surface area (Å²) in [7, 11) is 0. The van der Waals surface area contributed by atoms with Crippen molar-refractivity contribution >= 4 is 17.5 Å². The van der Waals surface area contributed by atoms with Gasteiger partial charge in [0.15, 0.2) is 0 Å². The first-order valence-corrected chi connectivity index (χ1v) is 7.76. The molecule has 0 unspecified atom stereocenters. The molecule has 0 aliphatic rings. The molecule has 3 aromatic rings. The summed E-state index contributed by atoms with van der Waals surface area (Å²) in [5, 5.41) is 12.2. The van der Waals surface area contributed by atoms with E-state index in [0.29, 0.717) is 23.6 Å². The molecule has 128 valence electrons. The van der Waals surface area contributed by atoms with Crippen molar-refractivity contribution in [1.82, 2.24) is 9.97 Å². The Labute approximate surface area is 150 Å². The average molecular weight is 345 g/mol. The zero-order valence-electron chi connectivity index (χ0n) is 13.7. The Kier molecular flexibility index (Phi) is 5.05. The molecule has 0 aliphatic heterocycles. The number of anilines is 2. The molecular formula is C19H15N5O2. The van der Waals surface area contributed by atoms with Gasteiger partial charge in [-0.1, -0.05) is 30.3 Å².